The Balaban J connectivity index is 1.53. The van der Waals surface area contributed by atoms with Gasteiger partial charge in [-0.05, 0) is 78.4 Å². The van der Waals surface area contributed by atoms with Crippen molar-refractivity contribution >= 4 is 11.4 Å². The first kappa shape index (κ1) is 19.4. The van der Waals surface area contributed by atoms with Gasteiger partial charge in [0, 0.05) is 17.4 Å². The van der Waals surface area contributed by atoms with E-state index in [1.807, 2.05) is 54.6 Å². The molecule has 0 aliphatic rings. The molecule has 0 atom stereocenters. The monoisotopic (exact) mass is 402 g/mol. The number of furan rings is 1. The van der Waals surface area contributed by atoms with Crippen molar-refractivity contribution in [1.29, 1.82) is 0 Å². The van der Waals surface area contributed by atoms with Crippen LogP contribution in [0.5, 0.6) is 23.0 Å². The fourth-order valence-electron chi connectivity index (χ4n) is 2.84. The first-order valence-electron chi connectivity index (χ1n) is 9.45. The molecule has 152 valence electrons. The standard InChI is InChI=1S/C24H22N2O4/c25-18-3-7-20(8-4-18)29-23-12-17(15-27-16-22-2-1-11-28-22)13-24(14-23)30-21-9-5-19(26)6-10-21/h1-14H,15-16,25-26H2. The first-order valence-corrected chi connectivity index (χ1v) is 9.45. The number of hydrogen-bond acceptors (Lipinski definition) is 6. The maximum Gasteiger partial charge on any atom is 0.131 e. The van der Waals surface area contributed by atoms with Gasteiger partial charge in [-0.25, -0.2) is 0 Å². The van der Waals surface area contributed by atoms with Gasteiger partial charge in [-0.1, -0.05) is 0 Å². The molecule has 0 fully saturated rings. The van der Waals surface area contributed by atoms with Crippen LogP contribution in [0.25, 0.3) is 0 Å². The summed E-state index contributed by atoms with van der Waals surface area (Å²) >= 11 is 0. The van der Waals surface area contributed by atoms with E-state index in [1.54, 1.807) is 30.5 Å². The van der Waals surface area contributed by atoms with Crippen molar-refractivity contribution in [2.24, 2.45) is 0 Å². The third kappa shape index (κ3) is 5.33. The zero-order valence-corrected chi connectivity index (χ0v) is 16.3. The molecule has 6 nitrogen and oxygen atoms in total. The Hall–Kier alpha value is -3.90. The summed E-state index contributed by atoms with van der Waals surface area (Å²) < 4.78 is 23.1. The number of nitrogens with two attached hydrogens (primary N) is 2. The van der Waals surface area contributed by atoms with Gasteiger partial charge in [-0.15, -0.1) is 0 Å². The average Bonchev–Trinajstić information content (AvgIpc) is 3.25. The molecule has 0 bridgehead atoms. The van der Waals surface area contributed by atoms with Crippen LogP contribution >= 0.6 is 0 Å². The number of hydrogen-bond donors (Lipinski definition) is 2. The molecule has 0 saturated heterocycles. The molecule has 0 saturated carbocycles. The summed E-state index contributed by atoms with van der Waals surface area (Å²) in [4.78, 5) is 0. The Bertz CT molecular complexity index is 1010. The van der Waals surface area contributed by atoms with E-state index in [4.69, 9.17) is 30.1 Å². The molecule has 0 aliphatic heterocycles. The van der Waals surface area contributed by atoms with Crippen LogP contribution in [0.1, 0.15) is 11.3 Å². The van der Waals surface area contributed by atoms with Gasteiger partial charge in [0.05, 0.1) is 12.9 Å². The molecule has 0 amide bonds. The second-order valence-electron chi connectivity index (χ2n) is 6.73. The van der Waals surface area contributed by atoms with E-state index in [1.165, 1.54) is 0 Å². The second kappa shape index (κ2) is 9.07. The molecule has 6 heteroatoms. The Kier molecular flexibility index (Phi) is 5.87. The molecule has 4 aromatic rings. The smallest absolute Gasteiger partial charge is 0.131 e. The Labute approximate surface area is 174 Å². The lowest BCUT2D eigenvalue weighted by molar-refractivity contribution is 0.0927. The van der Waals surface area contributed by atoms with Gasteiger partial charge < -0.3 is 30.1 Å². The lowest BCUT2D eigenvalue weighted by Gasteiger charge is -2.13. The van der Waals surface area contributed by atoms with Gasteiger partial charge >= 0.3 is 0 Å². The van der Waals surface area contributed by atoms with Crippen molar-refractivity contribution in [3.63, 3.8) is 0 Å². The van der Waals surface area contributed by atoms with Crippen molar-refractivity contribution in [3.8, 4) is 23.0 Å². The van der Waals surface area contributed by atoms with Crippen molar-refractivity contribution in [2.45, 2.75) is 13.2 Å². The van der Waals surface area contributed by atoms with Gasteiger partial charge in [-0.3, -0.25) is 0 Å². The summed E-state index contributed by atoms with van der Waals surface area (Å²) in [7, 11) is 0. The van der Waals surface area contributed by atoms with Gasteiger partial charge in [0.15, 0.2) is 0 Å². The molecule has 3 aromatic carbocycles. The quantitative estimate of drug-likeness (QED) is 0.365. The fraction of sp³-hybridized carbons (Fsp3) is 0.0833. The van der Waals surface area contributed by atoms with Crippen LogP contribution in [0.3, 0.4) is 0 Å². The van der Waals surface area contributed by atoms with Crippen LogP contribution in [0, 0.1) is 0 Å². The van der Waals surface area contributed by atoms with Crippen LogP contribution in [0.4, 0.5) is 11.4 Å². The van der Waals surface area contributed by atoms with Gasteiger partial charge in [-0.2, -0.15) is 0 Å². The molecule has 4 rings (SSSR count). The highest BCUT2D eigenvalue weighted by atomic mass is 16.5. The Morgan fingerprint density at radius 1 is 0.633 bits per heavy atom. The van der Waals surface area contributed by atoms with E-state index in [9.17, 15) is 0 Å². The predicted molar refractivity (Wildman–Crippen MR) is 115 cm³/mol. The highest BCUT2D eigenvalue weighted by molar-refractivity contribution is 5.47. The molecule has 30 heavy (non-hydrogen) atoms. The third-order valence-electron chi connectivity index (χ3n) is 4.26. The van der Waals surface area contributed by atoms with E-state index >= 15 is 0 Å². The van der Waals surface area contributed by atoms with Gasteiger partial charge in [0.2, 0.25) is 0 Å². The van der Waals surface area contributed by atoms with Crippen molar-refractivity contribution < 1.29 is 18.6 Å². The topological polar surface area (TPSA) is 92.9 Å². The molecule has 1 heterocycles. The number of anilines is 2. The predicted octanol–water partition coefficient (Wildman–Crippen LogP) is 5.75. The minimum absolute atomic E-state index is 0.373. The van der Waals surface area contributed by atoms with Crippen LogP contribution in [-0.2, 0) is 18.0 Å². The summed E-state index contributed by atoms with van der Waals surface area (Å²) in [5.41, 5.74) is 13.8. The highest BCUT2D eigenvalue weighted by Crippen LogP contribution is 2.31. The molecule has 0 spiro atoms. The Morgan fingerprint density at radius 2 is 1.20 bits per heavy atom. The summed E-state index contributed by atoms with van der Waals surface area (Å²) in [5, 5.41) is 0. The van der Waals surface area contributed by atoms with E-state index in [-0.39, 0.29) is 0 Å². The lowest BCUT2D eigenvalue weighted by Crippen LogP contribution is -1.96. The summed E-state index contributed by atoms with van der Waals surface area (Å²) in [6.45, 7) is 0.752. The zero-order valence-electron chi connectivity index (χ0n) is 16.3. The fourth-order valence-corrected chi connectivity index (χ4v) is 2.84. The van der Waals surface area contributed by atoms with E-state index in [2.05, 4.69) is 0 Å². The van der Waals surface area contributed by atoms with E-state index in [0.717, 1.165) is 11.3 Å². The summed E-state index contributed by atoms with van der Waals surface area (Å²) in [6, 6.07) is 23.8. The van der Waals surface area contributed by atoms with Crippen LogP contribution in [0.15, 0.2) is 89.5 Å². The van der Waals surface area contributed by atoms with Gasteiger partial charge in [0.25, 0.3) is 0 Å². The largest absolute Gasteiger partial charge is 0.467 e. The average molecular weight is 402 g/mol. The second-order valence-corrected chi connectivity index (χ2v) is 6.73. The molecule has 4 N–H and O–H groups in total. The Morgan fingerprint density at radius 3 is 1.70 bits per heavy atom. The minimum atomic E-state index is 0.373. The third-order valence-corrected chi connectivity index (χ3v) is 4.26. The maximum atomic E-state index is 5.99. The molecule has 1 aromatic heterocycles. The van der Waals surface area contributed by atoms with Crippen molar-refractivity contribution in [3.05, 3.63) is 96.4 Å². The van der Waals surface area contributed by atoms with Crippen LogP contribution in [-0.4, -0.2) is 0 Å². The number of nitrogen functional groups attached to an aromatic ring is 2. The maximum absolute atomic E-state index is 5.99. The van der Waals surface area contributed by atoms with Crippen LogP contribution < -0.4 is 20.9 Å². The SMILES string of the molecule is Nc1ccc(Oc2cc(COCc3ccco3)cc(Oc3ccc(N)cc3)c2)cc1. The molecular weight excluding hydrogens is 380 g/mol. The molecule has 0 aliphatic carbocycles. The van der Waals surface area contributed by atoms with Crippen molar-refractivity contribution in [1.82, 2.24) is 0 Å². The first-order chi connectivity index (χ1) is 14.6. The minimum Gasteiger partial charge on any atom is -0.467 e. The lowest BCUT2D eigenvalue weighted by atomic mass is 10.2. The van der Waals surface area contributed by atoms with Crippen LogP contribution in [0.2, 0.25) is 0 Å². The number of rotatable bonds is 8. The summed E-state index contributed by atoms with van der Waals surface area (Å²) in [6.07, 6.45) is 1.62. The van der Waals surface area contributed by atoms with Gasteiger partial charge in [0.1, 0.15) is 35.4 Å². The molecular formula is C24H22N2O4. The van der Waals surface area contributed by atoms with E-state index in [0.29, 0.717) is 47.6 Å². The highest BCUT2D eigenvalue weighted by Gasteiger charge is 2.07. The zero-order chi connectivity index (χ0) is 20.8. The molecule has 0 unspecified atom stereocenters. The summed E-state index contributed by atoms with van der Waals surface area (Å²) in [5.74, 6) is 3.38. The number of ether oxygens (including phenoxy) is 3. The number of benzene rings is 3. The molecule has 0 radical (unpaired) electrons. The van der Waals surface area contributed by atoms with E-state index < -0.39 is 0 Å². The normalized spacial score (nSPS) is 10.7. The van der Waals surface area contributed by atoms with Crippen molar-refractivity contribution in [2.75, 3.05) is 11.5 Å².